The number of hydrogen-bond acceptors (Lipinski definition) is 4. The number of amides is 3. The normalized spacial score (nSPS) is 11.7. The van der Waals surface area contributed by atoms with Crippen molar-refractivity contribution in [2.24, 2.45) is 5.73 Å². The van der Waals surface area contributed by atoms with Crippen molar-refractivity contribution >= 4 is 29.7 Å². The van der Waals surface area contributed by atoms with E-state index in [0.29, 0.717) is 0 Å². The SMILES string of the molecule is CSCCC(C)N(C)C(=O)N(CC(N)=O)CC(=O)O. The van der Waals surface area contributed by atoms with Crippen LogP contribution in [0.15, 0.2) is 0 Å². The number of carbonyl (C=O) groups excluding carboxylic acids is 2. The third kappa shape index (κ3) is 6.90. The number of carboxylic acids is 1. The summed E-state index contributed by atoms with van der Waals surface area (Å²) in [6.45, 7) is 0.934. The first-order chi connectivity index (χ1) is 8.79. The van der Waals surface area contributed by atoms with Crippen LogP contribution < -0.4 is 5.73 Å². The van der Waals surface area contributed by atoms with Crippen LogP contribution in [0.5, 0.6) is 0 Å². The Bertz CT molecular complexity index is 322. The smallest absolute Gasteiger partial charge is 0.323 e. The summed E-state index contributed by atoms with van der Waals surface area (Å²) in [6, 6.07) is -0.543. The Morgan fingerprint density at radius 3 is 2.32 bits per heavy atom. The largest absolute Gasteiger partial charge is 0.480 e. The van der Waals surface area contributed by atoms with Crippen molar-refractivity contribution in [2.45, 2.75) is 19.4 Å². The highest BCUT2D eigenvalue weighted by molar-refractivity contribution is 7.98. The second kappa shape index (κ2) is 8.63. The third-order valence-electron chi connectivity index (χ3n) is 2.65. The number of nitrogens with zero attached hydrogens (tertiary/aromatic N) is 2. The van der Waals surface area contributed by atoms with Crippen LogP contribution in [0.25, 0.3) is 0 Å². The van der Waals surface area contributed by atoms with Crippen LogP contribution in [0.1, 0.15) is 13.3 Å². The Balaban J connectivity index is 4.67. The quantitative estimate of drug-likeness (QED) is 0.657. The van der Waals surface area contributed by atoms with E-state index in [1.54, 1.807) is 18.8 Å². The Morgan fingerprint density at radius 2 is 1.89 bits per heavy atom. The molecule has 0 fully saturated rings. The summed E-state index contributed by atoms with van der Waals surface area (Å²) in [5, 5.41) is 8.74. The molecule has 7 nitrogen and oxygen atoms in total. The molecule has 1 unspecified atom stereocenters. The standard InChI is InChI=1S/C11H21N3O4S/c1-8(4-5-19-3)13(2)11(18)14(6-9(12)15)7-10(16)17/h8H,4-7H2,1-3H3,(H2,12,15)(H,16,17). The zero-order chi connectivity index (χ0) is 15.0. The first-order valence-corrected chi connectivity index (χ1v) is 7.19. The van der Waals surface area contributed by atoms with E-state index < -0.39 is 31.0 Å². The second-order valence-corrected chi connectivity index (χ2v) is 5.23. The molecule has 110 valence electrons. The molecule has 0 aliphatic carbocycles. The first kappa shape index (κ1) is 17.6. The maximum Gasteiger partial charge on any atom is 0.323 e. The minimum atomic E-state index is -1.18. The monoisotopic (exact) mass is 291 g/mol. The van der Waals surface area contributed by atoms with Gasteiger partial charge in [-0.1, -0.05) is 0 Å². The van der Waals surface area contributed by atoms with Crippen molar-refractivity contribution in [1.29, 1.82) is 0 Å². The minimum Gasteiger partial charge on any atom is -0.480 e. The van der Waals surface area contributed by atoms with Crippen LogP contribution in [-0.2, 0) is 9.59 Å². The molecule has 0 heterocycles. The van der Waals surface area contributed by atoms with Crippen molar-refractivity contribution in [3.63, 3.8) is 0 Å². The zero-order valence-electron chi connectivity index (χ0n) is 11.5. The maximum atomic E-state index is 12.1. The molecule has 0 saturated carbocycles. The molecule has 0 saturated heterocycles. The van der Waals surface area contributed by atoms with Gasteiger partial charge in [0.1, 0.15) is 13.1 Å². The van der Waals surface area contributed by atoms with Gasteiger partial charge >= 0.3 is 12.0 Å². The molecule has 19 heavy (non-hydrogen) atoms. The van der Waals surface area contributed by atoms with E-state index in [1.807, 2.05) is 13.2 Å². The van der Waals surface area contributed by atoms with Crippen LogP contribution in [0.2, 0.25) is 0 Å². The lowest BCUT2D eigenvalue weighted by molar-refractivity contribution is -0.138. The molecule has 0 aromatic carbocycles. The van der Waals surface area contributed by atoms with Gasteiger partial charge in [-0.15, -0.1) is 0 Å². The Kier molecular flexibility index (Phi) is 7.97. The Morgan fingerprint density at radius 1 is 1.32 bits per heavy atom. The van der Waals surface area contributed by atoms with Crippen molar-refractivity contribution in [2.75, 3.05) is 32.1 Å². The topological polar surface area (TPSA) is 104 Å². The molecule has 0 radical (unpaired) electrons. The highest BCUT2D eigenvalue weighted by Crippen LogP contribution is 2.08. The number of primary amides is 1. The average molecular weight is 291 g/mol. The van der Waals surface area contributed by atoms with Gasteiger partial charge in [0.2, 0.25) is 5.91 Å². The lowest BCUT2D eigenvalue weighted by Crippen LogP contribution is -2.49. The van der Waals surface area contributed by atoms with Crippen LogP contribution in [-0.4, -0.2) is 71.0 Å². The number of hydrogen-bond donors (Lipinski definition) is 2. The minimum absolute atomic E-state index is 0.0379. The lowest BCUT2D eigenvalue weighted by atomic mass is 10.2. The summed E-state index contributed by atoms with van der Waals surface area (Å²) in [5.74, 6) is -1.02. The molecule has 1 atom stereocenters. The summed E-state index contributed by atoms with van der Waals surface area (Å²) in [7, 11) is 1.59. The molecular formula is C11H21N3O4S. The van der Waals surface area contributed by atoms with Crippen molar-refractivity contribution in [1.82, 2.24) is 9.80 Å². The maximum absolute atomic E-state index is 12.1. The summed E-state index contributed by atoms with van der Waals surface area (Å²) in [4.78, 5) is 36.0. The lowest BCUT2D eigenvalue weighted by Gasteiger charge is -2.30. The molecule has 3 amide bonds. The van der Waals surface area contributed by atoms with E-state index in [-0.39, 0.29) is 6.04 Å². The van der Waals surface area contributed by atoms with Gasteiger partial charge in [-0.2, -0.15) is 11.8 Å². The number of thioether (sulfide) groups is 1. The number of urea groups is 1. The van der Waals surface area contributed by atoms with Gasteiger partial charge in [0.25, 0.3) is 0 Å². The van der Waals surface area contributed by atoms with Gasteiger partial charge in [0.05, 0.1) is 0 Å². The molecule has 0 aliphatic heterocycles. The molecule has 0 rings (SSSR count). The Labute approximate surface area is 117 Å². The van der Waals surface area contributed by atoms with E-state index in [1.165, 1.54) is 4.90 Å². The highest BCUT2D eigenvalue weighted by atomic mass is 32.2. The molecule has 0 aliphatic rings. The summed E-state index contributed by atoms with van der Waals surface area (Å²) in [5.41, 5.74) is 5.02. The van der Waals surface area contributed by atoms with Crippen molar-refractivity contribution in [3.05, 3.63) is 0 Å². The van der Waals surface area contributed by atoms with Crippen molar-refractivity contribution < 1.29 is 19.5 Å². The molecule has 0 bridgehead atoms. The molecule has 0 aromatic rings. The predicted molar refractivity (Wildman–Crippen MR) is 74.0 cm³/mol. The number of carbonyl (C=O) groups is 3. The van der Waals surface area contributed by atoms with E-state index in [9.17, 15) is 14.4 Å². The summed E-state index contributed by atoms with van der Waals surface area (Å²) >= 11 is 1.67. The van der Waals surface area contributed by atoms with Crippen LogP contribution in [0.4, 0.5) is 4.79 Å². The number of carboxylic acid groups (broad SMARTS) is 1. The third-order valence-corrected chi connectivity index (χ3v) is 3.29. The van der Waals surface area contributed by atoms with E-state index in [0.717, 1.165) is 17.1 Å². The molecule has 8 heteroatoms. The van der Waals surface area contributed by atoms with Crippen LogP contribution >= 0.6 is 11.8 Å². The number of nitrogens with two attached hydrogens (primary N) is 1. The second-order valence-electron chi connectivity index (χ2n) is 4.24. The van der Waals surface area contributed by atoms with Gasteiger partial charge in [-0.3, -0.25) is 9.59 Å². The fourth-order valence-corrected chi connectivity index (χ4v) is 2.01. The van der Waals surface area contributed by atoms with E-state index >= 15 is 0 Å². The van der Waals surface area contributed by atoms with Gasteiger partial charge in [-0.25, -0.2) is 4.79 Å². The fraction of sp³-hybridized carbons (Fsp3) is 0.727. The van der Waals surface area contributed by atoms with E-state index in [2.05, 4.69) is 0 Å². The van der Waals surface area contributed by atoms with Gasteiger partial charge < -0.3 is 20.6 Å². The molecule has 0 aromatic heterocycles. The highest BCUT2D eigenvalue weighted by Gasteiger charge is 2.24. The zero-order valence-corrected chi connectivity index (χ0v) is 12.3. The predicted octanol–water partition coefficient (Wildman–Crippen LogP) is 0.0517. The van der Waals surface area contributed by atoms with Crippen LogP contribution in [0.3, 0.4) is 0 Å². The van der Waals surface area contributed by atoms with Gasteiger partial charge in [0, 0.05) is 13.1 Å². The van der Waals surface area contributed by atoms with Gasteiger partial charge in [-0.05, 0) is 25.4 Å². The fourth-order valence-electron chi connectivity index (χ4n) is 1.44. The van der Waals surface area contributed by atoms with Gasteiger partial charge in [0.15, 0.2) is 0 Å². The molecule has 3 N–H and O–H groups in total. The number of rotatable bonds is 8. The van der Waals surface area contributed by atoms with E-state index in [4.69, 9.17) is 10.8 Å². The number of aliphatic carboxylic acids is 1. The Hall–Kier alpha value is -1.44. The van der Waals surface area contributed by atoms with Crippen LogP contribution in [0, 0.1) is 0 Å². The average Bonchev–Trinajstić information content (AvgIpc) is 2.32. The van der Waals surface area contributed by atoms with Crippen molar-refractivity contribution in [3.8, 4) is 0 Å². The summed E-state index contributed by atoms with van der Waals surface area (Å²) in [6.07, 6.45) is 2.76. The summed E-state index contributed by atoms with van der Waals surface area (Å²) < 4.78 is 0. The first-order valence-electron chi connectivity index (χ1n) is 5.80. The molecular weight excluding hydrogens is 270 g/mol. The molecule has 0 spiro atoms.